The van der Waals surface area contributed by atoms with Crippen LogP contribution in [-0.4, -0.2) is 44.6 Å². The van der Waals surface area contributed by atoms with Crippen molar-refractivity contribution in [1.82, 2.24) is 24.9 Å². The van der Waals surface area contributed by atoms with Crippen LogP contribution in [0.2, 0.25) is 0 Å². The number of hydrogen-bond acceptors (Lipinski definition) is 4. The fraction of sp³-hybridized carbons (Fsp3) is 0.455. The zero-order valence-electron chi connectivity index (χ0n) is 17.1. The number of aromatic nitrogens is 4. The minimum atomic E-state index is -0.330. The third kappa shape index (κ3) is 4.67. The summed E-state index contributed by atoms with van der Waals surface area (Å²) in [6, 6.07) is 8.61. The molecular formula is C22H28FN5O. The van der Waals surface area contributed by atoms with Gasteiger partial charge in [0.1, 0.15) is 0 Å². The molecule has 0 spiro atoms. The van der Waals surface area contributed by atoms with Gasteiger partial charge in [0.25, 0.3) is 0 Å². The van der Waals surface area contributed by atoms with Gasteiger partial charge in [-0.2, -0.15) is 10.2 Å². The largest absolute Gasteiger partial charge is 0.490 e. The van der Waals surface area contributed by atoms with Crippen LogP contribution >= 0.6 is 0 Å². The lowest BCUT2D eigenvalue weighted by Crippen LogP contribution is -2.20. The lowest BCUT2D eigenvalue weighted by molar-refractivity contribution is 0.304. The summed E-state index contributed by atoms with van der Waals surface area (Å²) in [7, 11) is 0. The van der Waals surface area contributed by atoms with Crippen molar-refractivity contribution in [2.75, 3.05) is 19.7 Å². The molecule has 7 heteroatoms. The Morgan fingerprint density at radius 1 is 1.31 bits per heavy atom. The van der Waals surface area contributed by atoms with Crippen molar-refractivity contribution in [2.24, 2.45) is 0 Å². The van der Waals surface area contributed by atoms with E-state index in [1.165, 1.54) is 11.6 Å². The average Bonchev–Trinajstić information content (AvgIpc) is 3.44. The van der Waals surface area contributed by atoms with Crippen molar-refractivity contribution >= 4 is 0 Å². The number of halogens is 1. The third-order valence-corrected chi connectivity index (χ3v) is 5.57. The number of benzene rings is 1. The predicted octanol–water partition coefficient (Wildman–Crippen LogP) is 3.68. The van der Waals surface area contributed by atoms with Gasteiger partial charge >= 0.3 is 0 Å². The van der Waals surface area contributed by atoms with Gasteiger partial charge in [-0.1, -0.05) is 12.1 Å². The average molecular weight is 397 g/mol. The summed E-state index contributed by atoms with van der Waals surface area (Å²) >= 11 is 0. The van der Waals surface area contributed by atoms with Crippen LogP contribution < -0.4 is 4.74 Å². The van der Waals surface area contributed by atoms with Crippen molar-refractivity contribution < 1.29 is 9.13 Å². The zero-order valence-corrected chi connectivity index (χ0v) is 17.1. The monoisotopic (exact) mass is 397 g/mol. The molecule has 3 aromatic rings. The number of likely N-dealkylation sites (tertiary alicyclic amines) is 1. The fourth-order valence-corrected chi connectivity index (χ4v) is 3.88. The van der Waals surface area contributed by atoms with Gasteiger partial charge in [0.05, 0.1) is 18.0 Å². The highest BCUT2D eigenvalue weighted by Crippen LogP contribution is 2.28. The van der Waals surface area contributed by atoms with E-state index in [-0.39, 0.29) is 5.82 Å². The molecule has 0 saturated carbocycles. The molecule has 6 nitrogen and oxygen atoms in total. The second-order valence-corrected chi connectivity index (χ2v) is 7.66. The van der Waals surface area contributed by atoms with E-state index in [2.05, 4.69) is 46.3 Å². The fourth-order valence-electron chi connectivity index (χ4n) is 3.88. The minimum absolute atomic E-state index is 0.292. The Balaban J connectivity index is 1.28. The maximum absolute atomic E-state index is 13.6. The number of ether oxygens (including phenoxy) is 1. The second-order valence-electron chi connectivity index (χ2n) is 7.66. The summed E-state index contributed by atoms with van der Waals surface area (Å²) in [6.45, 7) is 8.53. The lowest BCUT2D eigenvalue weighted by Gasteiger charge is -2.14. The molecule has 0 bridgehead atoms. The van der Waals surface area contributed by atoms with Crippen LogP contribution in [0, 0.1) is 12.7 Å². The molecule has 29 heavy (non-hydrogen) atoms. The number of aromatic amines is 1. The van der Waals surface area contributed by atoms with E-state index in [0.29, 0.717) is 24.7 Å². The first-order valence-corrected chi connectivity index (χ1v) is 10.3. The highest BCUT2D eigenvalue weighted by Gasteiger charge is 2.26. The lowest BCUT2D eigenvalue weighted by atomic mass is 10.0. The zero-order chi connectivity index (χ0) is 20.2. The van der Waals surface area contributed by atoms with Crippen LogP contribution in [0.1, 0.15) is 41.9 Å². The number of aryl methyl sites for hydroxylation is 2. The van der Waals surface area contributed by atoms with Gasteiger partial charge in [-0.25, -0.2) is 4.39 Å². The van der Waals surface area contributed by atoms with E-state index in [1.807, 2.05) is 4.68 Å². The molecule has 1 aliphatic rings. The van der Waals surface area contributed by atoms with Crippen molar-refractivity contribution in [1.29, 1.82) is 0 Å². The Morgan fingerprint density at radius 3 is 2.97 bits per heavy atom. The smallest absolute Gasteiger partial charge is 0.165 e. The highest BCUT2D eigenvalue weighted by atomic mass is 19.1. The van der Waals surface area contributed by atoms with Gasteiger partial charge in [-0.15, -0.1) is 0 Å². The number of hydrogen-bond donors (Lipinski definition) is 1. The predicted molar refractivity (Wildman–Crippen MR) is 109 cm³/mol. The molecule has 1 aliphatic heterocycles. The molecule has 1 fully saturated rings. The maximum Gasteiger partial charge on any atom is 0.165 e. The Labute approximate surface area is 170 Å². The Hall–Kier alpha value is -2.67. The highest BCUT2D eigenvalue weighted by molar-refractivity contribution is 5.24. The summed E-state index contributed by atoms with van der Waals surface area (Å²) in [5.41, 5.74) is 4.55. The molecule has 4 rings (SSSR count). The summed E-state index contributed by atoms with van der Waals surface area (Å²) in [5, 5.41) is 12.2. The van der Waals surface area contributed by atoms with E-state index < -0.39 is 0 Å². The second kappa shape index (κ2) is 8.78. The Bertz CT molecular complexity index is 950. The topological polar surface area (TPSA) is 59.0 Å². The molecule has 154 valence electrons. The van der Waals surface area contributed by atoms with E-state index >= 15 is 0 Å². The number of para-hydroxylation sites is 1. The van der Waals surface area contributed by atoms with Crippen LogP contribution in [0.5, 0.6) is 5.75 Å². The number of nitrogens with one attached hydrogen (secondary N) is 1. The van der Waals surface area contributed by atoms with Crippen LogP contribution in [0.15, 0.2) is 36.5 Å². The van der Waals surface area contributed by atoms with Crippen LogP contribution in [0.4, 0.5) is 4.39 Å². The van der Waals surface area contributed by atoms with Crippen LogP contribution in [0.3, 0.4) is 0 Å². The SMILES string of the molecule is CCn1cc(CN2CCC(c3cc(CCOc4ccccc4F)[nH]n3)C2)c(C)n1. The molecule has 0 aliphatic carbocycles. The summed E-state index contributed by atoms with van der Waals surface area (Å²) in [5.74, 6) is 0.401. The molecular weight excluding hydrogens is 369 g/mol. The first-order chi connectivity index (χ1) is 14.1. The molecule has 1 atom stereocenters. The summed E-state index contributed by atoms with van der Waals surface area (Å²) in [4.78, 5) is 2.48. The molecule has 1 N–H and O–H groups in total. The van der Waals surface area contributed by atoms with Crippen molar-refractivity contribution in [3.05, 3.63) is 65.0 Å². The molecule has 0 radical (unpaired) electrons. The Kier molecular flexibility index (Phi) is 5.94. The summed E-state index contributed by atoms with van der Waals surface area (Å²) < 4.78 is 21.2. The molecule has 0 amide bonds. The number of rotatable bonds is 8. The van der Waals surface area contributed by atoms with Gasteiger partial charge in [-0.05, 0) is 45.0 Å². The number of H-pyrrole nitrogens is 1. The molecule has 1 unspecified atom stereocenters. The molecule has 1 aromatic carbocycles. The quantitative estimate of drug-likeness (QED) is 0.630. The minimum Gasteiger partial charge on any atom is -0.490 e. The van der Waals surface area contributed by atoms with Crippen molar-refractivity contribution in [2.45, 2.75) is 45.7 Å². The first-order valence-electron chi connectivity index (χ1n) is 10.3. The summed E-state index contributed by atoms with van der Waals surface area (Å²) in [6.07, 6.45) is 3.94. The van der Waals surface area contributed by atoms with Gasteiger partial charge in [0.2, 0.25) is 0 Å². The van der Waals surface area contributed by atoms with Gasteiger partial charge < -0.3 is 4.74 Å². The van der Waals surface area contributed by atoms with E-state index in [0.717, 1.165) is 49.7 Å². The normalized spacial score (nSPS) is 17.1. The maximum atomic E-state index is 13.6. The number of nitrogens with zero attached hydrogens (tertiary/aromatic N) is 4. The van der Waals surface area contributed by atoms with Crippen molar-refractivity contribution in [3.8, 4) is 5.75 Å². The molecule has 1 saturated heterocycles. The molecule has 2 aromatic heterocycles. The van der Waals surface area contributed by atoms with Crippen molar-refractivity contribution in [3.63, 3.8) is 0 Å². The Morgan fingerprint density at radius 2 is 2.17 bits per heavy atom. The van der Waals surface area contributed by atoms with E-state index in [1.54, 1.807) is 18.2 Å². The third-order valence-electron chi connectivity index (χ3n) is 5.57. The van der Waals surface area contributed by atoms with Crippen LogP contribution in [0.25, 0.3) is 0 Å². The van der Waals surface area contributed by atoms with E-state index in [9.17, 15) is 4.39 Å². The first kappa shape index (κ1) is 19.6. The molecule has 3 heterocycles. The van der Waals surface area contributed by atoms with Gasteiger partial charge in [-0.3, -0.25) is 14.7 Å². The van der Waals surface area contributed by atoms with Gasteiger partial charge in [0.15, 0.2) is 11.6 Å². The standard InChI is InChI=1S/C22H28FN5O/c1-3-28-15-18(16(2)26-28)14-27-10-8-17(13-27)21-12-19(24-25-21)9-11-29-22-7-5-4-6-20(22)23/h4-7,12,15,17H,3,8-11,13-14H2,1-2H3,(H,24,25). The van der Waals surface area contributed by atoms with E-state index in [4.69, 9.17) is 4.74 Å². The van der Waals surface area contributed by atoms with Gasteiger partial charge in [0, 0.05) is 49.4 Å². The van der Waals surface area contributed by atoms with Crippen LogP contribution in [-0.2, 0) is 19.5 Å².